The molecule has 1 aromatic rings. The zero-order valence-electron chi connectivity index (χ0n) is 10.4. The van der Waals surface area contributed by atoms with Crippen LogP contribution in [0.5, 0.6) is 0 Å². The number of aryl methyl sites for hydroxylation is 1. The molecule has 1 aromatic heterocycles. The van der Waals surface area contributed by atoms with E-state index in [9.17, 15) is 25.5 Å². The number of rotatable bonds is 1. The number of nitrogens with zero attached hydrogens (tertiary/aromatic N) is 3. The summed E-state index contributed by atoms with van der Waals surface area (Å²) in [5.74, 6) is 0.365. The number of aliphatic hydroxyl groups excluding tert-OH is 5. The Morgan fingerprint density at radius 3 is 2.60 bits per heavy atom. The number of fused-ring (bicyclic) bond motifs is 1. The van der Waals surface area contributed by atoms with Crippen molar-refractivity contribution in [2.24, 2.45) is 0 Å². The van der Waals surface area contributed by atoms with Gasteiger partial charge in [-0.2, -0.15) is 10.1 Å². The van der Waals surface area contributed by atoms with Crippen molar-refractivity contribution in [1.29, 1.82) is 0 Å². The van der Waals surface area contributed by atoms with Crippen LogP contribution >= 0.6 is 0 Å². The topological polar surface area (TPSA) is 153 Å². The van der Waals surface area contributed by atoms with Crippen molar-refractivity contribution >= 4 is 5.95 Å². The van der Waals surface area contributed by atoms with Crippen LogP contribution in [-0.4, -0.2) is 71.1 Å². The van der Waals surface area contributed by atoms with E-state index in [2.05, 4.69) is 15.4 Å². The lowest BCUT2D eigenvalue weighted by Crippen LogP contribution is -2.54. The number of hydrogen-bond donors (Lipinski definition) is 6. The zero-order chi connectivity index (χ0) is 14.4. The fourth-order valence-corrected chi connectivity index (χ4v) is 2.28. The lowest BCUT2D eigenvalue weighted by Gasteiger charge is -2.36. The van der Waals surface area contributed by atoms with E-state index < -0.39 is 36.9 Å². The average Bonchev–Trinajstić information content (AvgIpc) is 2.83. The Morgan fingerprint density at radius 1 is 1.10 bits per heavy atom. The summed E-state index contributed by atoms with van der Waals surface area (Å²) in [5, 5.41) is 54.7. The second-order valence-electron chi connectivity index (χ2n) is 4.88. The Morgan fingerprint density at radius 2 is 1.85 bits per heavy atom. The molecule has 6 atom stereocenters. The van der Waals surface area contributed by atoms with E-state index >= 15 is 0 Å². The van der Waals surface area contributed by atoms with Crippen LogP contribution in [0.3, 0.4) is 0 Å². The SMILES string of the molecule is OC1CCn2nc(C3O[C@H](O)[C@H](O)[C@@H](O)[C@@H]3O)nc2N1. The molecular weight excluding hydrogens is 272 g/mol. The molecule has 2 unspecified atom stereocenters. The van der Waals surface area contributed by atoms with Crippen molar-refractivity contribution in [1.82, 2.24) is 14.8 Å². The third kappa shape index (κ3) is 2.16. The minimum atomic E-state index is -1.64. The quantitative estimate of drug-likeness (QED) is 0.315. The molecule has 0 bridgehead atoms. The van der Waals surface area contributed by atoms with Crippen LogP contribution in [0.25, 0.3) is 0 Å². The van der Waals surface area contributed by atoms with E-state index in [1.165, 1.54) is 4.68 Å². The van der Waals surface area contributed by atoms with Crippen LogP contribution in [0.2, 0.25) is 0 Å². The molecule has 10 heteroatoms. The first kappa shape index (κ1) is 13.7. The van der Waals surface area contributed by atoms with Gasteiger partial charge in [-0.3, -0.25) is 0 Å². The number of aliphatic hydroxyl groups is 5. The average molecular weight is 288 g/mol. The van der Waals surface area contributed by atoms with Gasteiger partial charge in [0.05, 0.1) is 0 Å². The van der Waals surface area contributed by atoms with Crippen LogP contribution in [-0.2, 0) is 11.3 Å². The third-order valence-electron chi connectivity index (χ3n) is 3.44. The Kier molecular flexibility index (Phi) is 3.36. The maximum Gasteiger partial charge on any atom is 0.223 e. The molecule has 112 valence electrons. The molecule has 10 nitrogen and oxygen atoms in total. The highest BCUT2D eigenvalue weighted by Gasteiger charge is 2.45. The van der Waals surface area contributed by atoms with Crippen LogP contribution < -0.4 is 5.32 Å². The second kappa shape index (κ2) is 4.91. The molecule has 0 aromatic carbocycles. The van der Waals surface area contributed by atoms with Gasteiger partial charge in [0.1, 0.15) is 24.5 Å². The molecule has 1 saturated heterocycles. The molecule has 0 spiro atoms. The van der Waals surface area contributed by atoms with Crippen molar-refractivity contribution in [3.63, 3.8) is 0 Å². The molecule has 2 aliphatic heterocycles. The smallest absolute Gasteiger partial charge is 0.223 e. The first-order valence-corrected chi connectivity index (χ1v) is 6.24. The molecule has 3 heterocycles. The Hall–Kier alpha value is -1.30. The summed E-state index contributed by atoms with van der Waals surface area (Å²) >= 11 is 0. The molecule has 0 radical (unpaired) electrons. The van der Waals surface area contributed by atoms with Crippen molar-refractivity contribution < 1.29 is 30.3 Å². The van der Waals surface area contributed by atoms with Crippen molar-refractivity contribution in [2.45, 2.75) is 49.9 Å². The van der Waals surface area contributed by atoms with Gasteiger partial charge in [-0.1, -0.05) is 0 Å². The maximum atomic E-state index is 9.89. The summed E-state index contributed by atoms with van der Waals surface area (Å²) in [4.78, 5) is 4.06. The fourth-order valence-electron chi connectivity index (χ4n) is 2.28. The molecule has 3 rings (SSSR count). The van der Waals surface area contributed by atoms with E-state index in [1.807, 2.05) is 0 Å². The third-order valence-corrected chi connectivity index (χ3v) is 3.44. The largest absolute Gasteiger partial charge is 0.387 e. The molecule has 6 N–H and O–H groups in total. The van der Waals surface area contributed by atoms with E-state index in [0.29, 0.717) is 18.9 Å². The van der Waals surface area contributed by atoms with Crippen LogP contribution in [0.1, 0.15) is 18.3 Å². The van der Waals surface area contributed by atoms with Gasteiger partial charge in [-0.25, -0.2) is 4.68 Å². The van der Waals surface area contributed by atoms with Gasteiger partial charge in [0.15, 0.2) is 18.2 Å². The van der Waals surface area contributed by atoms with E-state index in [4.69, 9.17) is 4.74 Å². The zero-order valence-corrected chi connectivity index (χ0v) is 10.4. The Labute approximate surface area is 113 Å². The predicted octanol–water partition coefficient (Wildman–Crippen LogP) is -3.12. The summed E-state index contributed by atoms with van der Waals surface area (Å²) in [6, 6.07) is 0. The normalized spacial score (nSPS) is 41.0. The minimum Gasteiger partial charge on any atom is -0.387 e. The van der Waals surface area contributed by atoms with Crippen molar-refractivity contribution in [2.75, 3.05) is 5.32 Å². The lowest BCUT2D eigenvalue weighted by molar-refractivity contribution is -0.285. The van der Waals surface area contributed by atoms with Gasteiger partial charge in [0.2, 0.25) is 5.95 Å². The second-order valence-corrected chi connectivity index (χ2v) is 4.88. The summed E-state index contributed by atoms with van der Waals surface area (Å²) < 4.78 is 6.53. The fraction of sp³-hybridized carbons (Fsp3) is 0.800. The number of ether oxygens (including phenoxy) is 1. The van der Waals surface area contributed by atoms with Gasteiger partial charge >= 0.3 is 0 Å². The highest BCUT2D eigenvalue weighted by atomic mass is 16.6. The highest BCUT2D eigenvalue weighted by molar-refractivity contribution is 5.28. The molecule has 2 aliphatic rings. The van der Waals surface area contributed by atoms with Gasteiger partial charge in [-0.05, 0) is 0 Å². The summed E-state index contributed by atoms with van der Waals surface area (Å²) in [6.07, 6.45) is -7.72. The Bertz CT molecular complexity index is 496. The van der Waals surface area contributed by atoms with Crippen molar-refractivity contribution in [3.05, 3.63) is 5.82 Å². The monoisotopic (exact) mass is 288 g/mol. The molecule has 0 saturated carbocycles. The van der Waals surface area contributed by atoms with Gasteiger partial charge in [0, 0.05) is 13.0 Å². The lowest BCUT2D eigenvalue weighted by atomic mass is 9.98. The molecule has 0 aliphatic carbocycles. The highest BCUT2D eigenvalue weighted by Crippen LogP contribution is 2.31. The number of aromatic nitrogens is 3. The summed E-state index contributed by atoms with van der Waals surface area (Å²) in [7, 11) is 0. The number of anilines is 1. The van der Waals surface area contributed by atoms with E-state index in [-0.39, 0.29) is 5.82 Å². The van der Waals surface area contributed by atoms with Crippen LogP contribution in [0.15, 0.2) is 0 Å². The van der Waals surface area contributed by atoms with Crippen molar-refractivity contribution in [3.8, 4) is 0 Å². The predicted molar refractivity (Wildman–Crippen MR) is 62.1 cm³/mol. The molecule has 0 amide bonds. The van der Waals surface area contributed by atoms with E-state index in [0.717, 1.165) is 0 Å². The van der Waals surface area contributed by atoms with Crippen LogP contribution in [0.4, 0.5) is 5.95 Å². The first-order valence-electron chi connectivity index (χ1n) is 6.24. The summed E-state index contributed by atoms with van der Waals surface area (Å²) in [5.41, 5.74) is 0. The minimum absolute atomic E-state index is 0.0547. The first-order chi connectivity index (χ1) is 9.47. The van der Waals surface area contributed by atoms with Gasteiger partial charge in [-0.15, -0.1) is 0 Å². The molecule has 20 heavy (non-hydrogen) atoms. The van der Waals surface area contributed by atoms with Crippen LogP contribution in [0, 0.1) is 0 Å². The molecular formula is C10H16N4O6. The maximum absolute atomic E-state index is 9.89. The number of nitrogens with one attached hydrogen (secondary N) is 1. The van der Waals surface area contributed by atoms with Gasteiger partial charge in [0.25, 0.3) is 0 Å². The molecule has 1 fully saturated rings. The van der Waals surface area contributed by atoms with Gasteiger partial charge < -0.3 is 35.6 Å². The standard InChI is InChI=1S/C10H16N4O6/c15-3-1-2-14-10(11-3)12-8(13-14)7-5(17)4(16)6(18)9(19)20-7/h3-7,9,15-19H,1-2H2,(H,11,12,13)/t3?,4-,5-,6+,7?,9-/m0/s1. The Balaban J connectivity index is 1.85. The number of hydrogen-bond acceptors (Lipinski definition) is 9. The summed E-state index contributed by atoms with van der Waals surface area (Å²) in [6.45, 7) is 0.438. The van der Waals surface area contributed by atoms with E-state index in [1.54, 1.807) is 0 Å².